The van der Waals surface area contributed by atoms with Gasteiger partial charge in [0.1, 0.15) is 5.69 Å². The van der Waals surface area contributed by atoms with Crippen LogP contribution >= 0.6 is 15.9 Å². The molecule has 112 valence electrons. The Morgan fingerprint density at radius 1 is 1.55 bits per heavy atom. The number of aromatic nitrogens is 1. The van der Waals surface area contributed by atoms with Crippen molar-refractivity contribution in [3.05, 3.63) is 22.4 Å². The van der Waals surface area contributed by atoms with Gasteiger partial charge in [-0.05, 0) is 54.3 Å². The Kier molecular flexibility index (Phi) is 5.27. The van der Waals surface area contributed by atoms with Crippen LogP contribution < -0.4 is 0 Å². The number of likely N-dealkylation sites (tertiary alicyclic amines) is 1. The SMILES string of the molecule is CCCN(C)C[C@H]1CCN(C(=O)c2cc(Br)cn2C)C1. The first kappa shape index (κ1) is 15.6. The molecule has 1 amide bonds. The Bertz CT molecular complexity index is 472. The van der Waals surface area contributed by atoms with Crippen LogP contribution in [0.1, 0.15) is 30.3 Å². The molecule has 0 spiro atoms. The zero-order valence-corrected chi connectivity index (χ0v) is 14.2. The molecule has 1 saturated heterocycles. The number of hydrogen-bond acceptors (Lipinski definition) is 2. The lowest BCUT2D eigenvalue weighted by Gasteiger charge is -2.21. The first-order chi connectivity index (χ1) is 9.51. The molecule has 2 heterocycles. The summed E-state index contributed by atoms with van der Waals surface area (Å²) in [6.45, 7) is 6.19. The maximum absolute atomic E-state index is 12.5. The summed E-state index contributed by atoms with van der Waals surface area (Å²) in [5.74, 6) is 0.762. The summed E-state index contributed by atoms with van der Waals surface area (Å²) in [7, 11) is 4.09. The highest BCUT2D eigenvalue weighted by molar-refractivity contribution is 9.10. The van der Waals surface area contributed by atoms with Gasteiger partial charge in [0.15, 0.2) is 0 Å². The number of nitrogens with zero attached hydrogens (tertiary/aromatic N) is 3. The number of hydrogen-bond donors (Lipinski definition) is 0. The zero-order valence-electron chi connectivity index (χ0n) is 12.6. The van der Waals surface area contributed by atoms with Gasteiger partial charge in [-0.25, -0.2) is 0 Å². The van der Waals surface area contributed by atoms with E-state index in [1.165, 1.54) is 6.42 Å². The van der Waals surface area contributed by atoms with Gasteiger partial charge in [0.2, 0.25) is 0 Å². The first-order valence-electron chi connectivity index (χ1n) is 7.31. The third kappa shape index (κ3) is 3.64. The average molecular weight is 342 g/mol. The number of rotatable bonds is 5. The van der Waals surface area contributed by atoms with Gasteiger partial charge >= 0.3 is 0 Å². The highest BCUT2D eigenvalue weighted by Gasteiger charge is 2.28. The van der Waals surface area contributed by atoms with Crippen molar-refractivity contribution in [1.29, 1.82) is 0 Å². The van der Waals surface area contributed by atoms with Crippen molar-refractivity contribution >= 4 is 21.8 Å². The zero-order chi connectivity index (χ0) is 14.7. The smallest absolute Gasteiger partial charge is 0.270 e. The van der Waals surface area contributed by atoms with Crippen molar-refractivity contribution in [1.82, 2.24) is 14.4 Å². The minimum Gasteiger partial charge on any atom is -0.345 e. The lowest BCUT2D eigenvalue weighted by molar-refractivity contribution is 0.0775. The van der Waals surface area contributed by atoms with E-state index in [0.717, 1.165) is 42.8 Å². The standard InChI is InChI=1S/C15H24BrN3O/c1-4-6-17(2)9-12-5-7-19(10-12)15(20)14-8-13(16)11-18(14)3/h8,11-12H,4-7,9-10H2,1-3H3/t12-/m1/s1. The second kappa shape index (κ2) is 6.76. The van der Waals surface area contributed by atoms with Gasteiger partial charge in [-0.1, -0.05) is 6.92 Å². The highest BCUT2D eigenvalue weighted by atomic mass is 79.9. The van der Waals surface area contributed by atoms with Gasteiger partial charge < -0.3 is 14.4 Å². The van der Waals surface area contributed by atoms with E-state index in [1.807, 2.05) is 28.8 Å². The van der Waals surface area contributed by atoms with Gasteiger partial charge in [0, 0.05) is 37.4 Å². The van der Waals surface area contributed by atoms with Gasteiger partial charge in [-0.2, -0.15) is 0 Å². The maximum atomic E-state index is 12.5. The van der Waals surface area contributed by atoms with E-state index in [0.29, 0.717) is 5.92 Å². The Balaban J connectivity index is 1.92. The van der Waals surface area contributed by atoms with E-state index in [-0.39, 0.29) is 5.91 Å². The predicted octanol–water partition coefficient (Wildman–Crippen LogP) is 2.59. The predicted molar refractivity (Wildman–Crippen MR) is 84.9 cm³/mol. The fourth-order valence-electron chi connectivity index (χ4n) is 2.98. The molecule has 0 unspecified atom stereocenters. The molecule has 1 aromatic heterocycles. The van der Waals surface area contributed by atoms with E-state index in [9.17, 15) is 4.79 Å². The summed E-state index contributed by atoms with van der Waals surface area (Å²) in [5.41, 5.74) is 0.763. The molecule has 1 aromatic rings. The number of aryl methyl sites for hydroxylation is 1. The minimum absolute atomic E-state index is 0.152. The van der Waals surface area contributed by atoms with Crippen LogP contribution in [0, 0.1) is 5.92 Å². The average Bonchev–Trinajstić information content (AvgIpc) is 2.95. The molecule has 1 fully saturated rings. The summed E-state index contributed by atoms with van der Waals surface area (Å²) in [4.78, 5) is 16.9. The fourth-order valence-corrected chi connectivity index (χ4v) is 3.50. The quantitative estimate of drug-likeness (QED) is 0.823. The van der Waals surface area contributed by atoms with Gasteiger partial charge in [0.25, 0.3) is 5.91 Å². The van der Waals surface area contributed by atoms with E-state index >= 15 is 0 Å². The van der Waals surface area contributed by atoms with E-state index in [2.05, 4.69) is 34.8 Å². The van der Waals surface area contributed by atoms with Crippen molar-refractivity contribution in [3.63, 3.8) is 0 Å². The van der Waals surface area contributed by atoms with Crippen LogP contribution in [0.3, 0.4) is 0 Å². The molecule has 4 nitrogen and oxygen atoms in total. The van der Waals surface area contributed by atoms with Crippen molar-refractivity contribution in [2.24, 2.45) is 13.0 Å². The van der Waals surface area contributed by atoms with Crippen LogP contribution in [-0.2, 0) is 7.05 Å². The van der Waals surface area contributed by atoms with Crippen LogP contribution in [0.2, 0.25) is 0 Å². The third-order valence-electron chi connectivity index (χ3n) is 3.94. The topological polar surface area (TPSA) is 28.5 Å². The Morgan fingerprint density at radius 2 is 2.30 bits per heavy atom. The largest absolute Gasteiger partial charge is 0.345 e. The molecule has 0 aliphatic carbocycles. The van der Waals surface area contributed by atoms with Gasteiger partial charge in [-0.3, -0.25) is 4.79 Å². The molecule has 0 bridgehead atoms. The monoisotopic (exact) mass is 341 g/mol. The van der Waals surface area contributed by atoms with Crippen molar-refractivity contribution in [2.75, 3.05) is 33.2 Å². The number of carbonyl (C=O) groups excluding carboxylic acids is 1. The summed E-state index contributed by atoms with van der Waals surface area (Å²) in [6, 6.07) is 1.90. The summed E-state index contributed by atoms with van der Waals surface area (Å²) in [6.07, 6.45) is 4.23. The molecule has 1 atom stereocenters. The second-order valence-corrected chi connectivity index (χ2v) is 6.74. The lowest BCUT2D eigenvalue weighted by atomic mass is 10.1. The van der Waals surface area contributed by atoms with Crippen LogP contribution in [0.25, 0.3) is 0 Å². The van der Waals surface area contributed by atoms with Crippen LogP contribution in [0.4, 0.5) is 0 Å². The van der Waals surface area contributed by atoms with Gasteiger partial charge in [-0.15, -0.1) is 0 Å². The molecule has 1 aliphatic heterocycles. The third-order valence-corrected chi connectivity index (χ3v) is 4.37. The van der Waals surface area contributed by atoms with Crippen molar-refractivity contribution < 1.29 is 4.79 Å². The molecule has 1 aliphatic rings. The Morgan fingerprint density at radius 3 is 2.90 bits per heavy atom. The molecular weight excluding hydrogens is 318 g/mol. The molecule has 0 N–H and O–H groups in total. The molecule has 20 heavy (non-hydrogen) atoms. The van der Waals surface area contributed by atoms with E-state index in [1.54, 1.807) is 0 Å². The van der Waals surface area contributed by atoms with Crippen LogP contribution in [0.15, 0.2) is 16.7 Å². The number of amides is 1. The summed E-state index contributed by atoms with van der Waals surface area (Å²) in [5, 5.41) is 0. The van der Waals surface area contributed by atoms with E-state index in [4.69, 9.17) is 0 Å². The normalized spacial score (nSPS) is 19.1. The first-order valence-corrected chi connectivity index (χ1v) is 8.10. The van der Waals surface area contributed by atoms with Crippen molar-refractivity contribution in [3.8, 4) is 0 Å². The summed E-state index contributed by atoms with van der Waals surface area (Å²) < 4.78 is 2.85. The van der Waals surface area contributed by atoms with Crippen molar-refractivity contribution in [2.45, 2.75) is 19.8 Å². The molecule has 0 saturated carbocycles. The van der Waals surface area contributed by atoms with Crippen LogP contribution in [0.5, 0.6) is 0 Å². The molecule has 2 rings (SSSR count). The Labute approximate surface area is 129 Å². The molecule has 0 aromatic carbocycles. The highest BCUT2D eigenvalue weighted by Crippen LogP contribution is 2.21. The van der Waals surface area contributed by atoms with Crippen LogP contribution in [-0.4, -0.2) is 53.5 Å². The number of halogens is 1. The number of carbonyl (C=O) groups is 1. The lowest BCUT2D eigenvalue weighted by Crippen LogP contribution is -2.32. The maximum Gasteiger partial charge on any atom is 0.270 e. The molecular formula is C15H24BrN3O. The second-order valence-electron chi connectivity index (χ2n) is 5.82. The molecule has 0 radical (unpaired) electrons. The van der Waals surface area contributed by atoms with Gasteiger partial charge in [0.05, 0.1) is 0 Å². The molecule has 5 heteroatoms. The minimum atomic E-state index is 0.152. The van der Waals surface area contributed by atoms with E-state index < -0.39 is 0 Å². The Hall–Kier alpha value is -0.810. The fraction of sp³-hybridized carbons (Fsp3) is 0.667. The summed E-state index contributed by atoms with van der Waals surface area (Å²) >= 11 is 3.42.